The summed E-state index contributed by atoms with van der Waals surface area (Å²) in [6, 6.07) is 8.21. The molecule has 2 N–H and O–H groups in total. The summed E-state index contributed by atoms with van der Waals surface area (Å²) >= 11 is 0. The minimum atomic E-state index is 0.146. The summed E-state index contributed by atoms with van der Waals surface area (Å²) < 4.78 is 5.13. The van der Waals surface area contributed by atoms with Crippen LogP contribution >= 0.6 is 0 Å². The molecular weight excluding hydrogens is 198 g/mol. The summed E-state index contributed by atoms with van der Waals surface area (Å²) in [5.74, 6) is 1.58. The Morgan fingerprint density at radius 3 is 2.38 bits per heavy atom. The molecule has 0 spiro atoms. The third-order valence-electron chi connectivity index (χ3n) is 2.98. The number of hydrogen-bond acceptors (Lipinski definition) is 2. The third-order valence-corrected chi connectivity index (χ3v) is 2.98. The number of methoxy groups -OCH3 is 1. The Bertz CT molecular complexity index is 294. The second kappa shape index (κ2) is 6.54. The van der Waals surface area contributed by atoms with Gasteiger partial charge in [-0.05, 0) is 30.0 Å². The molecule has 0 heterocycles. The smallest absolute Gasteiger partial charge is 0.118 e. The lowest BCUT2D eigenvalue weighted by Gasteiger charge is -2.17. The van der Waals surface area contributed by atoms with E-state index in [1.54, 1.807) is 7.11 Å². The van der Waals surface area contributed by atoms with Gasteiger partial charge in [-0.1, -0.05) is 38.8 Å². The molecule has 0 aliphatic rings. The van der Waals surface area contributed by atoms with E-state index in [1.807, 2.05) is 12.1 Å². The standard InChI is InChI=1S/C14H23NO/c1-4-5-11(2)10-14(15)12-6-8-13(16-3)9-7-12/h6-9,11,14H,4-5,10,15H2,1-3H3. The number of hydrogen-bond donors (Lipinski definition) is 1. The SMILES string of the molecule is CCCC(C)CC(N)c1ccc(OC)cc1. The Hall–Kier alpha value is -1.02. The van der Waals surface area contributed by atoms with Crippen LogP contribution in [0, 0.1) is 5.92 Å². The van der Waals surface area contributed by atoms with Crippen LogP contribution in [-0.4, -0.2) is 7.11 Å². The van der Waals surface area contributed by atoms with Gasteiger partial charge in [0.25, 0.3) is 0 Å². The number of rotatable bonds is 6. The lowest BCUT2D eigenvalue weighted by molar-refractivity contribution is 0.413. The van der Waals surface area contributed by atoms with E-state index in [4.69, 9.17) is 10.5 Å². The van der Waals surface area contributed by atoms with Crippen LogP contribution in [0.1, 0.15) is 44.7 Å². The van der Waals surface area contributed by atoms with Gasteiger partial charge in [-0.3, -0.25) is 0 Å². The Labute approximate surface area is 98.8 Å². The van der Waals surface area contributed by atoms with Gasteiger partial charge in [-0.15, -0.1) is 0 Å². The topological polar surface area (TPSA) is 35.2 Å². The molecule has 0 saturated heterocycles. The monoisotopic (exact) mass is 221 g/mol. The van der Waals surface area contributed by atoms with Crippen LogP contribution in [0.15, 0.2) is 24.3 Å². The Kier molecular flexibility index (Phi) is 5.33. The van der Waals surface area contributed by atoms with Crippen molar-refractivity contribution in [2.75, 3.05) is 7.11 Å². The van der Waals surface area contributed by atoms with Gasteiger partial charge in [-0.2, -0.15) is 0 Å². The molecule has 1 aromatic carbocycles. The highest BCUT2D eigenvalue weighted by Crippen LogP contribution is 2.23. The van der Waals surface area contributed by atoms with E-state index in [2.05, 4.69) is 26.0 Å². The minimum Gasteiger partial charge on any atom is -0.497 e. The molecule has 1 rings (SSSR count). The maximum atomic E-state index is 6.18. The summed E-state index contributed by atoms with van der Waals surface area (Å²) in [5.41, 5.74) is 7.37. The molecule has 1 aromatic rings. The molecule has 90 valence electrons. The van der Waals surface area contributed by atoms with E-state index in [1.165, 1.54) is 18.4 Å². The number of nitrogens with two attached hydrogens (primary N) is 1. The molecule has 2 atom stereocenters. The first-order valence-corrected chi connectivity index (χ1v) is 6.06. The molecule has 2 heteroatoms. The molecule has 0 aliphatic heterocycles. The Balaban J connectivity index is 2.55. The maximum Gasteiger partial charge on any atom is 0.118 e. The molecule has 0 fully saturated rings. The molecule has 2 nitrogen and oxygen atoms in total. The van der Waals surface area contributed by atoms with E-state index in [-0.39, 0.29) is 6.04 Å². The fraction of sp³-hybridized carbons (Fsp3) is 0.571. The quantitative estimate of drug-likeness (QED) is 0.797. The summed E-state index contributed by atoms with van der Waals surface area (Å²) in [6.07, 6.45) is 3.54. The first kappa shape index (κ1) is 13.0. The zero-order valence-corrected chi connectivity index (χ0v) is 10.6. The van der Waals surface area contributed by atoms with Crippen molar-refractivity contribution in [3.05, 3.63) is 29.8 Å². The first-order chi connectivity index (χ1) is 7.67. The lowest BCUT2D eigenvalue weighted by atomic mass is 9.93. The molecule has 0 saturated carbocycles. The molecule has 0 aliphatic carbocycles. The molecule has 0 aromatic heterocycles. The highest BCUT2D eigenvalue weighted by atomic mass is 16.5. The highest BCUT2D eigenvalue weighted by molar-refractivity contribution is 5.28. The molecule has 16 heavy (non-hydrogen) atoms. The van der Waals surface area contributed by atoms with Gasteiger partial charge in [-0.25, -0.2) is 0 Å². The fourth-order valence-corrected chi connectivity index (χ4v) is 2.03. The van der Waals surface area contributed by atoms with Crippen LogP contribution in [0.3, 0.4) is 0 Å². The van der Waals surface area contributed by atoms with Gasteiger partial charge >= 0.3 is 0 Å². The molecule has 0 amide bonds. The summed E-state index contributed by atoms with van der Waals surface area (Å²) in [4.78, 5) is 0. The molecule has 0 bridgehead atoms. The predicted octanol–water partition coefficient (Wildman–Crippen LogP) is 3.52. The van der Waals surface area contributed by atoms with E-state index in [0.29, 0.717) is 5.92 Å². The molecular formula is C14H23NO. The normalized spacial score (nSPS) is 14.5. The van der Waals surface area contributed by atoms with Crippen LogP contribution in [0.25, 0.3) is 0 Å². The van der Waals surface area contributed by atoms with Crippen molar-refractivity contribution < 1.29 is 4.74 Å². The summed E-state index contributed by atoms with van der Waals surface area (Å²) in [7, 11) is 1.68. The maximum absolute atomic E-state index is 6.18. The van der Waals surface area contributed by atoms with Gasteiger partial charge < -0.3 is 10.5 Å². The van der Waals surface area contributed by atoms with Crippen molar-refractivity contribution in [3.63, 3.8) is 0 Å². The van der Waals surface area contributed by atoms with Crippen molar-refractivity contribution >= 4 is 0 Å². The van der Waals surface area contributed by atoms with Crippen molar-refractivity contribution in [2.45, 2.75) is 39.2 Å². The fourth-order valence-electron chi connectivity index (χ4n) is 2.03. The van der Waals surface area contributed by atoms with Crippen LogP contribution in [-0.2, 0) is 0 Å². The second-order valence-corrected chi connectivity index (χ2v) is 4.51. The average Bonchev–Trinajstić information content (AvgIpc) is 2.29. The van der Waals surface area contributed by atoms with Crippen molar-refractivity contribution in [1.82, 2.24) is 0 Å². The molecule has 2 unspecified atom stereocenters. The van der Waals surface area contributed by atoms with Gasteiger partial charge in [0.1, 0.15) is 5.75 Å². The molecule has 0 radical (unpaired) electrons. The second-order valence-electron chi connectivity index (χ2n) is 4.51. The lowest BCUT2D eigenvalue weighted by Crippen LogP contribution is -2.14. The van der Waals surface area contributed by atoms with E-state index < -0.39 is 0 Å². The van der Waals surface area contributed by atoms with Crippen molar-refractivity contribution in [3.8, 4) is 5.75 Å². The third kappa shape index (κ3) is 3.86. The Morgan fingerprint density at radius 1 is 1.25 bits per heavy atom. The van der Waals surface area contributed by atoms with Gasteiger partial charge in [0.05, 0.1) is 7.11 Å². The number of ether oxygens (including phenoxy) is 1. The largest absolute Gasteiger partial charge is 0.497 e. The van der Waals surface area contributed by atoms with Crippen LogP contribution in [0.4, 0.5) is 0 Å². The Morgan fingerprint density at radius 2 is 1.88 bits per heavy atom. The highest BCUT2D eigenvalue weighted by Gasteiger charge is 2.10. The van der Waals surface area contributed by atoms with E-state index in [9.17, 15) is 0 Å². The minimum absolute atomic E-state index is 0.146. The van der Waals surface area contributed by atoms with Gasteiger partial charge in [0, 0.05) is 6.04 Å². The van der Waals surface area contributed by atoms with Gasteiger partial charge in [0.2, 0.25) is 0 Å². The van der Waals surface area contributed by atoms with Crippen molar-refractivity contribution in [2.24, 2.45) is 11.7 Å². The van der Waals surface area contributed by atoms with Crippen LogP contribution < -0.4 is 10.5 Å². The number of benzene rings is 1. The first-order valence-electron chi connectivity index (χ1n) is 6.06. The van der Waals surface area contributed by atoms with Crippen LogP contribution in [0.2, 0.25) is 0 Å². The van der Waals surface area contributed by atoms with Crippen molar-refractivity contribution in [1.29, 1.82) is 0 Å². The summed E-state index contributed by atoms with van der Waals surface area (Å²) in [5, 5.41) is 0. The zero-order chi connectivity index (χ0) is 12.0. The van der Waals surface area contributed by atoms with E-state index in [0.717, 1.165) is 12.2 Å². The van der Waals surface area contributed by atoms with Crippen LogP contribution in [0.5, 0.6) is 5.75 Å². The predicted molar refractivity (Wildman–Crippen MR) is 68.6 cm³/mol. The zero-order valence-electron chi connectivity index (χ0n) is 10.6. The van der Waals surface area contributed by atoms with E-state index >= 15 is 0 Å². The average molecular weight is 221 g/mol. The van der Waals surface area contributed by atoms with Gasteiger partial charge in [0.15, 0.2) is 0 Å². The summed E-state index contributed by atoms with van der Waals surface area (Å²) in [6.45, 7) is 4.49.